The van der Waals surface area contributed by atoms with Crippen molar-refractivity contribution >= 4 is 28.6 Å². The van der Waals surface area contributed by atoms with Gasteiger partial charge in [-0.15, -0.1) is 0 Å². The smallest absolute Gasteiger partial charge is 0.252 e. The summed E-state index contributed by atoms with van der Waals surface area (Å²) in [4.78, 5) is 24.7. The monoisotopic (exact) mass is 536 g/mol. The highest BCUT2D eigenvalue weighted by Gasteiger charge is 2.22. The maximum atomic E-state index is 13.1. The summed E-state index contributed by atoms with van der Waals surface area (Å²) in [5.74, 6) is 2.23. The van der Waals surface area contributed by atoms with Gasteiger partial charge < -0.3 is 20.9 Å². The Morgan fingerprint density at radius 3 is 2.38 bits per heavy atom. The number of fused-ring (bicyclic) bond motifs is 1. The van der Waals surface area contributed by atoms with Crippen molar-refractivity contribution in [3.8, 4) is 0 Å². The molecule has 0 saturated heterocycles. The summed E-state index contributed by atoms with van der Waals surface area (Å²) in [5.41, 5.74) is 3.82. The predicted molar refractivity (Wildman–Crippen MR) is 164 cm³/mol. The molecule has 1 aromatic heterocycles. The van der Waals surface area contributed by atoms with Crippen molar-refractivity contribution in [1.29, 1.82) is 0 Å². The second-order valence-electron chi connectivity index (χ2n) is 11.0. The zero-order valence-electron chi connectivity index (χ0n) is 23.7. The highest BCUT2D eigenvalue weighted by molar-refractivity contribution is 5.96. The van der Waals surface area contributed by atoms with Crippen LogP contribution in [0.5, 0.6) is 0 Å². The van der Waals surface area contributed by atoms with Crippen LogP contribution in [0.1, 0.15) is 60.1 Å². The maximum absolute atomic E-state index is 13.1. The van der Waals surface area contributed by atoms with Crippen molar-refractivity contribution in [3.63, 3.8) is 0 Å². The fourth-order valence-electron chi connectivity index (χ4n) is 5.57. The molecule has 208 valence electrons. The van der Waals surface area contributed by atoms with Crippen LogP contribution in [0.25, 0.3) is 10.9 Å². The number of aromatic nitrogens is 2. The zero-order valence-corrected chi connectivity index (χ0v) is 23.7. The van der Waals surface area contributed by atoms with Gasteiger partial charge in [0.05, 0.1) is 11.6 Å². The Labute approximate surface area is 237 Å². The number of nitrogens with zero attached hydrogens (tertiary/aromatic N) is 3. The van der Waals surface area contributed by atoms with Gasteiger partial charge in [-0.2, -0.15) is 4.98 Å². The molecule has 0 radical (unpaired) electrons. The molecule has 7 heteroatoms. The fourth-order valence-corrected chi connectivity index (χ4v) is 5.57. The van der Waals surface area contributed by atoms with Crippen LogP contribution in [-0.4, -0.2) is 42.6 Å². The van der Waals surface area contributed by atoms with E-state index in [1.54, 1.807) is 0 Å². The fraction of sp³-hybridized carbons (Fsp3) is 0.364. The molecular formula is C33H40N6O. The van der Waals surface area contributed by atoms with Crippen molar-refractivity contribution in [2.45, 2.75) is 51.2 Å². The number of rotatable bonds is 10. The van der Waals surface area contributed by atoms with Gasteiger partial charge in [-0.3, -0.25) is 4.79 Å². The molecule has 0 spiro atoms. The van der Waals surface area contributed by atoms with Gasteiger partial charge in [0.15, 0.2) is 0 Å². The molecule has 1 aliphatic rings. The predicted octanol–water partition coefficient (Wildman–Crippen LogP) is 5.95. The van der Waals surface area contributed by atoms with E-state index in [2.05, 4.69) is 22.0 Å². The highest BCUT2D eigenvalue weighted by atomic mass is 16.1. The number of hydrogen-bond acceptors (Lipinski definition) is 6. The van der Waals surface area contributed by atoms with Crippen molar-refractivity contribution in [2.24, 2.45) is 5.92 Å². The lowest BCUT2D eigenvalue weighted by molar-refractivity contribution is 0.0938. The molecule has 1 aliphatic carbocycles. The van der Waals surface area contributed by atoms with Crippen LogP contribution in [0.15, 0.2) is 78.9 Å². The van der Waals surface area contributed by atoms with E-state index < -0.39 is 0 Å². The molecule has 0 aliphatic heterocycles. The first-order valence-corrected chi connectivity index (χ1v) is 14.3. The quantitative estimate of drug-likeness (QED) is 0.232. The van der Waals surface area contributed by atoms with Crippen LogP contribution >= 0.6 is 0 Å². The topological polar surface area (TPSA) is 82.2 Å². The normalized spacial score (nSPS) is 17.8. The molecule has 1 fully saturated rings. The van der Waals surface area contributed by atoms with Crippen molar-refractivity contribution in [1.82, 2.24) is 20.6 Å². The summed E-state index contributed by atoms with van der Waals surface area (Å²) in [6.07, 6.45) is 4.48. The number of para-hydroxylation sites is 1. The van der Waals surface area contributed by atoms with E-state index >= 15 is 0 Å². The molecule has 5 rings (SSSR count). The number of carbonyl (C=O) groups excluding carboxylic acids is 1. The number of hydrogen-bond donors (Lipinski definition) is 3. The molecule has 7 nitrogen and oxygen atoms in total. The Morgan fingerprint density at radius 1 is 0.900 bits per heavy atom. The first kappa shape index (κ1) is 27.6. The van der Waals surface area contributed by atoms with E-state index in [1.165, 1.54) is 0 Å². The van der Waals surface area contributed by atoms with E-state index in [9.17, 15) is 4.79 Å². The summed E-state index contributed by atoms with van der Waals surface area (Å²) < 4.78 is 0. The molecule has 0 unspecified atom stereocenters. The number of amides is 1. The van der Waals surface area contributed by atoms with E-state index in [1.807, 2.05) is 98.7 Å². The minimum Gasteiger partial charge on any atom is -0.362 e. The van der Waals surface area contributed by atoms with Gasteiger partial charge in [0.1, 0.15) is 5.82 Å². The molecule has 4 aromatic rings. The number of anilines is 2. The van der Waals surface area contributed by atoms with Crippen molar-refractivity contribution in [3.05, 3.63) is 95.6 Å². The van der Waals surface area contributed by atoms with E-state index in [0.29, 0.717) is 24.5 Å². The van der Waals surface area contributed by atoms with Gasteiger partial charge in [-0.1, -0.05) is 60.7 Å². The number of carbonyl (C=O) groups is 1. The van der Waals surface area contributed by atoms with Crippen LogP contribution in [0.3, 0.4) is 0 Å². The average Bonchev–Trinajstić information content (AvgIpc) is 2.98. The molecule has 1 atom stereocenters. The third-order valence-corrected chi connectivity index (χ3v) is 7.84. The minimum atomic E-state index is -0.0482. The Kier molecular flexibility index (Phi) is 8.91. The van der Waals surface area contributed by atoms with Crippen LogP contribution in [0.2, 0.25) is 0 Å². The lowest BCUT2D eigenvalue weighted by Crippen LogP contribution is -2.32. The van der Waals surface area contributed by atoms with Crippen LogP contribution < -0.4 is 20.9 Å². The largest absolute Gasteiger partial charge is 0.362 e. The van der Waals surface area contributed by atoms with Gasteiger partial charge in [0.2, 0.25) is 5.95 Å². The Morgan fingerprint density at radius 2 is 1.60 bits per heavy atom. The summed E-state index contributed by atoms with van der Waals surface area (Å²) in [5, 5.41) is 11.4. The second kappa shape index (κ2) is 12.9. The van der Waals surface area contributed by atoms with Crippen LogP contribution in [-0.2, 0) is 6.54 Å². The summed E-state index contributed by atoms with van der Waals surface area (Å²) in [7, 11) is 4.04. The van der Waals surface area contributed by atoms with Crippen LogP contribution in [0.4, 0.5) is 11.8 Å². The summed E-state index contributed by atoms with van der Waals surface area (Å²) in [6, 6.07) is 26.5. The molecule has 3 aromatic carbocycles. The second-order valence-corrected chi connectivity index (χ2v) is 11.0. The summed E-state index contributed by atoms with van der Waals surface area (Å²) in [6.45, 7) is 3.65. The third-order valence-electron chi connectivity index (χ3n) is 7.84. The standard InChI is InChI=1S/C33H40N6O/c1-23(25-11-5-4-6-12-25)35-32(40)28-14-8-7-13-26(28)22-34-21-24-17-19-27(20-18-24)36-33-37-30-16-10-9-15-29(30)31(38-33)39(2)3/h4-16,23-24,27,34H,17-22H2,1-3H3,(H,35,40)(H,36,37,38)/t23-,24?,27?/m0/s1. The molecule has 1 heterocycles. The SMILES string of the molecule is C[C@H](NC(=O)c1ccccc1CNCC1CCC(Nc2nc(N(C)C)c3ccccc3n2)CC1)c1ccccc1. The molecular weight excluding hydrogens is 496 g/mol. The van der Waals surface area contributed by atoms with Crippen molar-refractivity contribution < 1.29 is 4.79 Å². The van der Waals surface area contributed by atoms with E-state index in [0.717, 1.165) is 65.6 Å². The molecule has 1 saturated carbocycles. The van der Waals surface area contributed by atoms with E-state index in [-0.39, 0.29) is 11.9 Å². The lowest BCUT2D eigenvalue weighted by atomic mass is 9.86. The molecule has 0 bridgehead atoms. The van der Waals surface area contributed by atoms with Gasteiger partial charge in [-0.25, -0.2) is 4.98 Å². The van der Waals surface area contributed by atoms with Crippen LogP contribution in [0, 0.1) is 5.92 Å². The van der Waals surface area contributed by atoms with Gasteiger partial charge in [0, 0.05) is 37.6 Å². The van der Waals surface area contributed by atoms with Gasteiger partial charge in [0.25, 0.3) is 5.91 Å². The van der Waals surface area contributed by atoms with E-state index in [4.69, 9.17) is 9.97 Å². The maximum Gasteiger partial charge on any atom is 0.252 e. The van der Waals surface area contributed by atoms with Gasteiger partial charge in [-0.05, 0) is 74.4 Å². The Bertz CT molecular complexity index is 1420. The zero-order chi connectivity index (χ0) is 27.9. The molecule has 1 amide bonds. The lowest BCUT2D eigenvalue weighted by Gasteiger charge is -2.29. The highest BCUT2D eigenvalue weighted by Crippen LogP contribution is 2.28. The summed E-state index contributed by atoms with van der Waals surface area (Å²) >= 11 is 0. The van der Waals surface area contributed by atoms with Gasteiger partial charge >= 0.3 is 0 Å². The Balaban J connectivity index is 1.11. The number of nitrogens with one attached hydrogen (secondary N) is 3. The van der Waals surface area contributed by atoms with Crippen molar-refractivity contribution in [2.75, 3.05) is 30.9 Å². The Hall–Kier alpha value is -3.97. The first-order chi connectivity index (χ1) is 19.5. The number of benzene rings is 3. The molecule has 3 N–H and O–H groups in total. The first-order valence-electron chi connectivity index (χ1n) is 14.3. The third kappa shape index (κ3) is 6.77. The minimum absolute atomic E-state index is 0.0336. The average molecular weight is 537 g/mol. The molecule has 40 heavy (non-hydrogen) atoms.